The summed E-state index contributed by atoms with van der Waals surface area (Å²) in [4.78, 5) is 13.0. The van der Waals surface area contributed by atoms with E-state index in [1.165, 1.54) is 6.07 Å². The van der Waals surface area contributed by atoms with E-state index in [0.717, 1.165) is 33.8 Å². The first-order chi connectivity index (χ1) is 15.6. The number of carbonyl (C=O) groups is 1. The molecule has 0 radical (unpaired) electrons. The van der Waals surface area contributed by atoms with E-state index in [9.17, 15) is 15.0 Å². The fraction of sp³-hybridized carbons (Fsp3) is 0.115. The second-order valence-electron chi connectivity index (χ2n) is 7.57. The molecule has 0 bridgehead atoms. The largest absolute Gasteiger partial charge is 0.508 e. The second kappa shape index (κ2) is 7.90. The van der Waals surface area contributed by atoms with E-state index < -0.39 is 5.78 Å². The molecule has 0 unspecified atom stereocenters. The molecule has 0 atom stereocenters. The molecule has 6 nitrogen and oxygen atoms in total. The number of para-hydroxylation sites is 1. The van der Waals surface area contributed by atoms with Crippen LogP contribution < -0.4 is 4.74 Å². The third-order valence-corrected chi connectivity index (χ3v) is 5.59. The number of fused-ring (bicyclic) bond motifs is 2. The zero-order chi connectivity index (χ0) is 22.2. The summed E-state index contributed by atoms with van der Waals surface area (Å²) in [5, 5.41) is 20.9. The third-order valence-electron chi connectivity index (χ3n) is 5.59. The van der Waals surface area contributed by atoms with Gasteiger partial charge >= 0.3 is 0 Å². The van der Waals surface area contributed by atoms with E-state index in [-0.39, 0.29) is 28.6 Å². The summed E-state index contributed by atoms with van der Waals surface area (Å²) in [6, 6.07) is 20.4. The van der Waals surface area contributed by atoms with E-state index >= 15 is 0 Å². The lowest BCUT2D eigenvalue weighted by molar-refractivity contribution is 0.101. The summed E-state index contributed by atoms with van der Waals surface area (Å²) in [5.41, 5.74) is 3.84. The predicted molar refractivity (Wildman–Crippen MR) is 122 cm³/mol. The van der Waals surface area contributed by atoms with Crippen LogP contribution >= 0.6 is 0 Å². The number of ether oxygens (including phenoxy) is 2. The fourth-order valence-corrected chi connectivity index (χ4v) is 4.21. The Balaban J connectivity index is 1.74. The van der Waals surface area contributed by atoms with Crippen molar-refractivity contribution in [2.45, 2.75) is 6.54 Å². The summed E-state index contributed by atoms with van der Waals surface area (Å²) < 4.78 is 13.3. The Labute approximate surface area is 184 Å². The highest BCUT2D eigenvalue weighted by Crippen LogP contribution is 2.42. The van der Waals surface area contributed by atoms with Crippen LogP contribution in [0.1, 0.15) is 15.9 Å². The van der Waals surface area contributed by atoms with Crippen LogP contribution in [0.2, 0.25) is 0 Å². The average molecular weight is 427 g/mol. The maximum Gasteiger partial charge on any atom is 0.235 e. The Morgan fingerprint density at radius 2 is 1.78 bits per heavy atom. The SMILES string of the molecule is COCCn1c(-c2ccccc2)c(/C=C2\Oc3cc(O)cc(O)c3C2=O)c2ccccc21. The van der Waals surface area contributed by atoms with E-state index in [1.807, 2.05) is 54.6 Å². The maximum absolute atomic E-state index is 13.0. The van der Waals surface area contributed by atoms with Gasteiger partial charge in [-0.1, -0.05) is 48.5 Å². The van der Waals surface area contributed by atoms with Gasteiger partial charge in [0.15, 0.2) is 5.76 Å². The highest BCUT2D eigenvalue weighted by atomic mass is 16.5. The molecule has 0 saturated heterocycles. The first kappa shape index (κ1) is 19.9. The van der Waals surface area contributed by atoms with Gasteiger partial charge in [0.1, 0.15) is 22.8 Å². The lowest BCUT2D eigenvalue weighted by Gasteiger charge is -2.11. The fourth-order valence-electron chi connectivity index (χ4n) is 4.21. The molecule has 6 heteroatoms. The lowest BCUT2D eigenvalue weighted by atomic mass is 10.0. The number of phenolic OH excluding ortho intramolecular Hbond substituents is 2. The maximum atomic E-state index is 13.0. The number of phenols is 2. The molecule has 4 aromatic rings. The molecule has 0 fully saturated rings. The van der Waals surface area contributed by atoms with Crippen molar-refractivity contribution < 1.29 is 24.5 Å². The van der Waals surface area contributed by atoms with Crippen molar-refractivity contribution in [3.05, 3.63) is 83.6 Å². The highest BCUT2D eigenvalue weighted by Gasteiger charge is 2.32. The van der Waals surface area contributed by atoms with Crippen LogP contribution in [0.4, 0.5) is 0 Å². The Morgan fingerprint density at radius 3 is 2.56 bits per heavy atom. The molecule has 1 aliphatic heterocycles. The van der Waals surface area contributed by atoms with Crippen molar-refractivity contribution in [2.24, 2.45) is 0 Å². The lowest BCUT2D eigenvalue weighted by Crippen LogP contribution is -2.06. The average Bonchev–Trinajstić information content (AvgIpc) is 3.27. The van der Waals surface area contributed by atoms with Gasteiger partial charge in [-0.3, -0.25) is 4.79 Å². The number of hydrogen-bond donors (Lipinski definition) is 2. The topological polar surface area (TPSA) is 80.9 Å². The summed E-state index contributed by atoms with van der Waals surface area (Å²) in [7, 11) is 1.67. The first-order valence-corrected chi connectivity index (χ1v) is 10.2. The molecule has 0 saturated carbocycles. The number of nitrogens with zero attached hydrogens (tertiary/aromatic N) is 1. The van der Waals surface area contributed by atoms with Gasteiger partial charge in [-0.2, -0.15) is 0 Å². The molecule has 0 aliphatic carbocycles. The van der Waals surface area contributed by atoms with Gasteiger partial charge < -0.3 is 24.3 Å². The Kier molecular flexibility index (Phi) is 4.92. The highest BCUT2D eigenvalue weighted by molar-refractivity contribution is 6.17. The van der Waals surface area contributed by atoms with Crippen LogP contribution in [-0.4, -0.2) is 34.3 Å². The molecular weight excluding hydrogens is 406 g/mol. The number of Topliss-reactive ketones (excluding diaryl/α,β-unsaturated/α-hetero) is 1. The van der Waals surface area contributed by atoms with Gasteiger partial charge in [-0.25, -0.2) is 0 Å². The Morgan fingerprint density at radius 1 is 1.03 bits per heavy atom. The Hall–Kier alpha value is -4.03. The van der Waals surface area contributed by atoms with Gasteiger partial charge in [0, 0.05) is 42.3 Å². The van der Waals surface area contributed by atoms with Crippen molar-refractivity contribution in [1.29, 1.82) is 0 Å². The molecule has 1 aliphatic rings. The zero-order valence-electron chi connectivity index (χ0n) is 17.4. The minimum Gasteiger partial charge on any atom is -0.508 e. The van der Waals surface area contributed by atoms with E-state index in [4.69, 9.17) is 9.47 Å². The normalized spacial score (nSPS) is 14.2. The van der Waals surface area contributed by atoms with Gasteiger partial charge in [0.25, 0.3) is 0 Å². The van der Waals surface area contributed by atoms with E-state index in [0.29, 0.717) is 13.2 Å². The number of aromatic hydroxyl groups is 2. The van der Waals surface area contributed by atoms with Crippen molar-refractivity contribution in [3.63, 3.8) is 0 Å². The number of ketones is 1. The monoisotopic (exact) mass is 427 g/mol. The zero-order valence-corrected chi connectivity index (χ0v) is 17.4. The van der Waals surface area contributed by atoms with Gasteiger partial charge in [-0.05, 0) is 17.7 Å². The van der Waals surface area contributed by atoms with Crippen LogP contribution in [-0.2, 0) is 11.3 Å². The number of carbonyl (C=O) groups excluding carboxylic acids is 1. The standard InChI is InChI=1S/C26H21NO5/c1-31-12-11-27-20-10-6-5-9-18(20)19(25(27)16-7-3-2-4-8-16)15-23-26(30)24-21(29)13-17(28)14-22(24)32-23/h2-10,13-15,28-29H,11-12H2,1H3/b23-15-. The number of aromatic nitrogens is 1. The van der Waals surface area contributed by atoms with Crippen molar-refractivity contribution >= 4 is 22.8 Å². The van der Waals surface area contributed by atoms with Crippen LogP contribution in [0, 0.1) is 0 Å². The molecular formula is C26H21NO5. The van der Waals surface area contributed by atoms with Gasteiger partial charge in [0.05, 0.1) is 12.3 Å². The molecule has 1 aromatic heterocycles. The van der Waals surface area contributed by atoms with Crippen LogP contribution in [0.5, 0.6) is 17.2 Å². The second-order valence-corrected chi connectivity index (χ2v) is 7.57. The van der Waals surface area contributed by atoms with E-state index in [1.54, 1.807) is 13.2 Å². The van der Waals surface area contributed by atoms with Crippen LogP contribution in [0.15, 0.2) is 72.5 Å². The Bertz CT molecular complexity index is 1370. The molecule has 160 valence electrons. The molecule has 2 N–H and O–H groups in total. The molecule has 0 spiro atoms. The van der Waals surface area contributed by atoms with E-state index in [2.05, 4.69) is 4.57 Å². The van der Waals surface area contributed by atoms with Crippen LogP contribution in [0.3, 0.4) is 0 Å². The summed E-state index contributed by atoms with van der Waals surface area (Å²) in [5.74, 6) is -0.670. The van der Waals surface area contributed by atoms with Crippen molar-refractivity contribution in [1.82, 2.24) is 4.57 Å². The first-order valence-electron chi connectivity index (χ1n) is 10.2. The summed E-state index contributed by atoms with van der Waals surface area (Å²) in [6.45, 7) is 1.16. The number of allylic oxidation sites excluding steroid dienone is 1. The van der Waals surface area contributed by atoms with Crippen molar-refractivity contribution in [2.75, 3.05) is 13.7 Å². The number of benzene rings is 3. The van der Waals surface area contributed by atoms with Crippen LogP contribution in [0.25, 0.3) is 28.2 Å². The number of rotatable bonds is 5. The minimum atomic E-state index is -0.426. The third kappa shape index (κ3) is 3.21. The number of hydrogen-bond acceptors (Lipinski definition) is 5. The molecule has 3 aromatic carbocycles. The minimum absolute atomic E-state index is 0.0541. The van der Waals surface area contributed by atoms with Gasteiger partial charge in [0.2, 0.25) is 5.78 Å². The molecule has 5 rings (SSSR count). The van der Waals surface area contributed by atoms with Gasteiger partial charge in [-0.15, -0.1) is 0 Å². The molecule has 0 amide bonds. The molecule has 2 heterocycles. The summed E-state index contributed by atoms with van der Waals surface area (Å²) in [6.07, 6.45) is 1.72. The molecule has 32 heavy (non-hydrogen) atoms. The smallest absolute Gasteiger partial charge is 0.235 e. The van der Waals surface area contributed by atoms with Crippen molar-refractivity contribution in [3.8, 4) is 28.5 Å². The summed E-state index contributed by atoms with van der Waals surface area (Å²) >= 11 is 0. The quantitative estimate of drug-likeness (QED) is 0.439. The number of methoxy groups -OCH3 is 1. The predicted octanol–water partition coefficient (Wildman–Crippen LogP) is 4.98.